The molecule has 0 bridgehead atoms. The summed E-state index contributed by atoms with van der Waals surface area (Å²) in [6, 6.07) is 11.1. The van der Waals surface area contributed by atoms with Crippen LogP contribution >= 0.6 is 0 Å². The molecule has 3 nitrogen and oxygen atoms in total. The largest absolute Gasteiger partial charge is 0.389 e. The molecule has 6 heteroatoms. The van der Waals surface area contributed by atoms with E-state index in [-0.39, 0.29) is 12.2 Å². The first-order valence-corrected chi connectivity index (χ1v) is 6.72. The monoisotopic (exact) mass is 295 g/mol. The maximum absolute atomic E-state index is 12.3. The Kier molecular flexibility index (Phi) is 4.77. The van der Waals surface area contributed by atoms with Crippen molar-refractivity contribution in [2.24, 2.45) is 0 Å². The van der Waals surface area contributed by atoms with E-state index in [0.29, 0.717) is 18.1 Å². The van der Waals surface area contributed by atoms with Gasteiger partial charge in [0.25, 0.3) is 0 Å². The van der Waals surface area contributed by atoms with Gasteiger partial charge in [-0.05, 0) is 6.92 Å². The summed E-state index contributed by atoms with van der Waals surface area (Å²) in [5.74, 6) is 0.744. The van der Waals surface area contributed by atoms with E-state index >= 15 is 0 Å². The van der Waals surface area contributed by atoms with Gasteiger partial charge in [0.15, 0.2) is 0 Å². The number of nitrogens with one attached hydrogen (secondary N) is 1. The molecule has 0 spiro atoms. The molecule has 0 aliphatic heterocycles. The number of benzene rings is 1. The summed E-state index contributed by atoms with van der Waals surface area (Å²) in [6.07, 6.45) is -5.34. The summed E-state index contributed by atoms with van der Waals surface area (Å²) in [5.41, 5.74) is 1.48. The lowest BCUT2D eigenvalue weighted by Gasteiger charge is -2.10. The number of rotatable bonds is 5. The quantitative estimate of drug-likeness (QED) is 0.903. The summed E-state index contributed by atoms with van der Waals surface area (Å²) >= 11 is 0. The lowest BCUT2D eigenvalue weighted by atomic mass is 10.1. The van der Waals surface area contributed by atoms with Crippen molar-refractivity contribution in [1.82, 2.24) is 9.97 Å². The van der Waals surface area contributed by atoms with E-state index in [2.05, 4.69) is 15.3 Å². The first-order valence-electron chi connectivity index (χ1n) is 6.72. The fourth-order valence-electron chi connectivity index (χ4n) is 1.89. The van der Waals surface area contributed by atoms with Gasteiger partial charge < -0.3 is 5.32 Å². The summed E-state index contributed by atoms with van der Waals surface area (Å²) < 4.78 is 37.0. The van der Waals surface area contributed by atoms with E-state index in [1.165, 1.54) is 0 Å². The van der Waals surface area contributed by atoms with Crippen LogP contribution in [0.1, 0.15) is 19.2 Å². The Labute approximate surface area is 121 Å². The molecule has 0 fully saturated rings. The maximum atomic E-state index is 12.3. The number of aromatic nitrogens is 2. The smallest absolute Gasteiger partial charge is 0.370 e. The molecule has 1 N–H and O–H groups in total. The van der Waals surface area contributed by atoms with Gasteiger partial charge in [-0.3, -0.25) is 0 Å². The fourth-order valence-corrected chi connectivity index (χ4v) is 1.89. The van der Waals surface area contributed by atoms with Gasteiger partial charge in [-0.1, -0.05) is 30.3 Å². The maximum Gasteiger partial charge on any atom is 0.389 e. The van der Waals surface area contributed by atoms with Gasteiger partial charge in [0.05, 0.1) is 12.1 Å². The minimum atomic E-state index is -4.20. The molecule has 0 atom stereocenters. The van der Waals surface area contributed by atoms with Crippen molar-refractivity contribution in [2.75, 3.05) is 11.9 Å². The topological polar surface area (TPSA) is 37.8 Å². The average Bonchev–Trinajstić information content (AvgIpc) is 2.46. The molecule has 112 valence electrons. The molecule has 0 aliphatic carbocycles. The summed E-state index contributed by atoms with van der Waals surface area (Å²) in [7, 11) is 0. The van der Waals surface area contributed by atoms with Crippen molar-refractivity contribution >= 4 is 5.82 Å². The van der Waals surface area contributed by atoms with E-state index in [0.717, 1.165) is 5.56 Å². The summed E-state index contributed by atoms with van der Waals surface area (Å²) in [5, 5.41) is 3.02. The molecule has 0 saturated heterocycles. The standard InChI is InChI=1S/C15H16F3N3/c1-2-19-14-10-12(11-6-4-3-5-7-11)20-13(21-14)8-9-15(16,17)18/h3-7,10H,2,8-9H2,1H3,(H,19,20,21). The molecule has 1 aromatic carbocycles. The molecule has 0 aliphatic rings. The molecular weight excluding hydrogens is 279 g/mol. The van der Waals surface area contributed by atoms with Gasteiger partial charge in [-0.15, -0.1) is 0 Å². The first kappa shape index (κ1) is 15.3. The molecule has 0 saturated carbocycles. The van der Waals surface area contributed by atoms with Gasteiger partial charge in [0, 0.05) is 24.6 Å². The lowest BCUT2D eigenvalue weighted by Crippen LogP contribution is -2.11. The van der Waals surface area contributed by atoms with Crippen LogP contribution in [0.15, 0.2) is 36.4 Å². The number of anilines is 1. The summed E-state index contributed by atoms with van der Waals surface area (Å²) in [6.45, 7) is 2.55. The highest BCUT2D eigenvalue weighted by atomic mass is 19.4. The van der Waals surface area contributed by atoms with Crippen molar-refractivity contribution < 1.29 is 13.2 Å². The van der Waals surface area contributed by atoms with Gasteiger partial charge in [0.1, 0.15) is 11.6 Å². The van der Waals surface area contributed by atoms with E-state index < -0.39 is 12.6 Å². The molecule has 1 heterocycles. The van der Waals surface area contributed by atoms with Crippen LogP contribution in [0.3, 0.4) is 0 Å². The lowest BCUT2D eigenvalue weighted by molar-refractivity contribution is -0.134. The van der Waals surface area contributed by atoms with Gasteiger partial charge in [0.2, 0.25) is 0 Å². The third-order valence-electron chi connectivity index (χ3n) is 2.83. The molecular formula is C15H16F3N3. The van der Waals surface area contributed by atoms with Crippen LogP contribution in [-0.4, -0.2) is 22.7 Å². The molecule has 2 aromatic rings. The second kappa shape index (κ2) is 6.56. The highest BCUT2D eigenvalue weighted by Crippen LogP contribution is 2.24. The van der Waals surface area contributed by atoms with Crippen molar-refractivity contribution in [3.8, 4) is 11.3 Å². The Hall–Kier alpha value is -2.11. The number of aryl methyl sites for hydroxylation is 1. The zero-order valence-corrected chi connectivity index (χ0v) is 11.6. The van der Waals surface area contributed by atoms with Crippen LogP contribution < -0.4 is 5.32 Å². The van der Waals surface area contributed by atoms with Gasteiger partial charge in [-0.25, -0.2) is 9.97 Å². The minimum absolute atomic E-state index is 0.199. The van der Waals surface area contributed by atoms with Crippen LogP contribution in [-0.2, 0) is 6.42 Å². The van der Waals surface area contributed by atoms with Crippen LogP contribution in [0.2, 0.25) is 0 Å². The third-order valence-corrected chi connectivity index (χ3v) is 2.83. The number of nitrogens with zero attached hydrogens (tertiary/aromatic N) is 2. The highest BCUT2D eigenvalue weighted by molar-refractivity contribution is 5.62. The second-order valence-corrected chi connectivity index (χ2v) is 4.57. The molecule has 0 radical (unpaired) electrons. The van der Waals surface area contributed by atoms with Crippen molar-refractivity contribution in [1.29, 1.82) is 0 Å². The van der Waals surface area contributed by atoms with Crippen molar-refractivity contribution in [3.05, 3.63) is 42.2 Å². The van der Waals surface area contributed by atoms with Crippen LogP contribution in [0, 0.1) is 0 Å². The van der Waals surface area contributed by atoms with Crippen LogP contribution in [0.25, 0.3) is 11.3 Å². The van der Waals surface area contributed by atoms with Crippen molar-refractivity contribution in [3.63, 3.8) is 0 Å². The van der Waals surface area contributed by atoms with E-state index in [1.807, 2.05) is 37.3 Å². The molecule has 0 amide bonds. The second-order valence-electron chi connectivity index (χ2n) is 4.57. The molecule has 2 rings (SSSR count). The number of hydrogen-bond donors (Lipinski definition) is 1. The normalized spacial score (nSPS) is 11.4. The number of alkyl halides is 3. The Morgan fingerprint density at radius 1 is 1.10 bits per heavy atom. The average molecular weight is 295 g/mol. The summed E-state index contributed by atoms with van der Waals surface area (Å²) in [4.78, 5) is 8.37. The predicted molar refractivity (Wildman–Crippen MR) is 76.0 cm³/mol. The SMILES string of the molecule is CCNc1cc(-c2ccccc2)nc(CCC(F)(F)F)n1. The zero-order chi connectivity index (χ0) is 15.3. The Bertz CT molecular complexity index is 582. The van der Waals surface area contributed by atoms with Gasteiger partial charge in [-0.2, -0.15) is 13.2 Å². The predicted octanol–water partition coefficient (Wildman–Crippen LogP) is 4.07. The minimum Gasteiger partial charge on any atom is -0.370 e. The van der Waals surface area contributed by atoms with Crippen LogP contribution in [0.5, 0.6) is 0 Å². The number of halogens is 3. The Morgan fingerprint density at radius 2 is 1.81 bits per heavy atom. The third kappa shape index (κ3) is 4.73. The number of hydrogen-bond acceptors (Lipinski definition) is 3. The Balaban J connectivity index is 2.30. The van der Waals surface area contributed by atoms with Gasteiger partial charge >= 0.3 is 6.18 Å². The van der Waals surface area contributed by atoms with E-state index in [9.17, 15) is 13.2 Å². The van der Waals surface area contributed by atoms with E-state index in [4.69, 9.17) is 0 Å². The first-order chi connectivity index (χ1) is 9.98. The van der Waals surface area contributed by atoms with Crippen molar-refractivity contribution in [2.45, 2.75) is 25.9 Å². The molecule has 21 heavy (non-hydrogen) atoms. The zero-order valence-electron chi connectivity index (χ0n) is 11.6. The fraction of sp³-hybridized carbons (Fsp3) is 0.333. The van der Waals surface area contributed by atoms with E-state index in [1.54, 1.807) is 6.07 Å². The molecule has 1 aromatic heterocycles. The van der Waals surface area contributed by atoms with Crippen LogP contribution in [0.4, 0.5) is 19.0 Å². The molecule has 0 unspecified atom stereocenters. The Morgan fingerprint density at radius 3 is 2.43 bits per heavy atom. The highest BCUT2D eigenvalue weighted by Gasteiger charge is 2.27.